The standard InChI is InChI=1S/C25H35N4O5P/c30-24(27-35(32,33)34)23-25(31)29(22-14-7-6-13-21(22)26-23)20-15-18-11-8-12-19(16-20)28(18)17-9-4-2-1-3-5-10-17/h6-7,13-14,17-20H,1-5,8-12,15-16H2,(H3,27,30,32,33,34). The maximum atomic E-state index is 13.6. The zero-order valence-electron chi connectivity index (χ0n) is 20.0. The van der Waals surface area contributed by atoms with Crippen LogP contribution in [0.4, 0.5) is 0 Å². The molecule has 0 radical (unpaired) electrons. The van der Waals surface area contributed by atoms with E-state index in [0.29, 0.717) is 29.2 Å². The van der Waals surface area contributed by atoms with Crippen LogP contribution < -0.4 is 10.6 Å². The van der Waals surface area contributed by atoms with E-state index in [9.17, 15) is 23.9 Å². The molecule has 2 saturated heterocycles. The summed E-state index contributed by atoms with van der Waals surface area (Å²) in [6.45, 7) is 0. The minimum atomic E-state index is -4.86. The van der Waals surface area contributed by atoms with Crippen LogP contribution in [0.5, 0.6) is 0 Å². The van der Waals surface area contributed by atoms with Crippen LogP contribution in [0.3, 0.4) is 0 Å². The predicted molar refractivity (Wildman–Crippen MR) is 133 cm³/mol. The molecule has 2 aliphatic heterocycles. The van der Waals surface area contributed by atoms with Gasteiger partial charge in [-0.3, -0.25) is 19.6 Å². The molecule has 1 aliphatic carbocycles. The van der Waals surface area contributed by atoms with Crippen LogP contribution in [-0.4, -0.2) is 48.3 Å². The SMILES string of the molecule is O=C(NP(=O)(O)O)c1nc2ccccc2n(C2CC3CCCC(C2)N3C2CCCCCCC2)c1=O. The van der Waals surface area contributed by atoms with Gasteiger partial charge in [0.25, 0.3) is 11.5 Å². The Balaban J connectivity index is 1.50. The molecule has 1 aromatic carbocycles. The van der Waals surface area contributed by atoms with Crippen molar-refractivity contribution in [2.75, 3.05) is 0 Å². The summed E-state index contributed by atoms with van der Waals surface area (Å²) >= 11 is 0. The molecule has 0 spiro atoms. The highest BCUT2D eigenvalue weighted by Gasteiger charge is 2.42. The Morgan fingerprint density at radius 3 is 2.14 bits per heavy atom. The van der Waals surface area contributed by atoms with E-state index >= 15 is 0 Å². The van der Waals surface area contributed by atoms with E-state index in [1.54, 1.807) is 21.8 Å². The topological polar surface area (TPSA) is 125 Å². The second-order valence-corrected chi connectivity index (χ2v) is 11.7. The lowest BCUT2D eigenvalue weighted by atomic mass is 9.79. The Kier molecular flexibility index (Phi) is 7.13. The van der Waals surface area contributed by atoms with Crippen molar-refractivity contribution in [2.24, 2.45) is 0 Å². The molecule has 3 N–H and O–H groups in total. The van der Waals surface area contributed by atoms with Gasteiger partial charge in [0.1, 0.15) is 0 Å². The van der Waals surface area contributed by atoms with E-state index in [-0.39, 0.29) is 6.04 Å². The number of nitrogens with one attached hydrogen (secondary N) is 1. The third-order valence-electron chi connectivity index (χ3n) is 8.12. The summed E-state index contributed by atoms with van der Waals surface area (Å²) in [5.41, 5.74) is 0.0695. The summed E-state index contributed by atoms with van der Waals surface area (Å²) in [4.78, 5) is 51.5. The van der Waals surface area contributed by atoms with Gasteiger partial charge in [0, 0.05) is 24.2 Å². The van der Waals surface area contributed by atoms with E-state index < -0.39 is 24.9 Å². The predicted octanol–water partition coefficient (Wildman–Crippen LogP) is 3.89. The van der Waals surface area contributed by atoms with E-state index in [1.807, 2.05) is 12.1 Å². The molecule has 1 amide bonds. The largest absolute Gasteiger partial charge is 0.430 e. The van der Waals surface area contributed by atoms with Gasteiger partial charge in [0.15, 0.2) is 5.69 Å². The van der Waals surface area contributed by atoms with Crippen molar-refractivity contribution < 1.29 is 19.1 Å². The highest BCUT2D eigenvalue weighted by Crippen LogP contribution is 2.42. The van der Waals surface area contributed by atoms with Crippen LogP contribution in [0.2, 0.25) is 0 Å². The van der Waals surface area contributed by atoms with Gasteiger partial charge in [-0.25, -0.2) is 9.55 Å². The van der Waals surface area contributed by atoms with E-state index in [1.165, 1.54) is 51.4 Å². The molecule has 3 fully saturated rings. The Hall–Kier alpha value is -2.06. The van der Waals surface area contributed by atoms with Crippen LogP contribution in [0.15, 0.2) is 29.1 Å². The molecule has 35 heavy (non-hydrogen) atoms. The van der Waals surface area contributed by atoms with Gasteiger partial charge in [-0.05, 0) is 50.7 Å². The average Bonchev–Trinajstić information content (AvgIpc) is 2.77. The van der Waals surface area contributed by atoms with Gasteiger partial charge in [-0.15, -0.1) is 0 Å². The summed E-state index contributed by atoms with van der Waals surface area (Å²) in [7, 11) is -4.86. The van der Waals surface area contributed by atoms with Gasteiger partial charge < -0.3 is 14.4 Å². The number of hydrogen-bond donors (Lipinski definition) is 3. The maximum absolute atomic E-state index is 13.6. The first-order valence-corrected chi connectivity index (χ1v) is 14.6. The van der Waals surface area contributed by atoms with Crippen molar-refractivity contribution >= 4 is 24.7 Å². The van der Waals surface area contributed by atoms with Crippen molar-refractivity contribution in [3.8, 4) is 0 Å². The fraction of sp³-hybridized carbons (Fsp3) is 0.640. The highest BCUT2D eigenvalue weighted by molar-refractivity contribution is 7.50. The van der Waals surface area contributed by atoms with Crippen molar-refractivity contribution in [1.82, 2.24) is 19.5 Å². The molecule has 2 atom stereocenters. The van der Waals surface area contributed by atoms with Crippen LogP contribution in [-0.2, 0) is 4.57 Å². The lowest BCUT2D eigenvalue weighted by molar-refractivity contribution is -0.0247. The number of piperidine rings is 2. The molecule has 9 nitrogen and oxygen atoms in total. The van der Waals surface area contributed by atoms with E-state index in [0.717, 1.165) is 25.7 Å². The normalized spacial score (nSPS) is 26.7. The fourth-order valence-corrected chi connectivity index (χ4v) is 7.15. The van der Waals surface area contributed by atoms with Crippen molar-refractivity contribution in [1.29, 1.82) is 0 Å². The Bertz CT molecular complexity index is 1170. The highest BCUT2D eigenvalue weighted by atomic mass is 31.2. The molecule has 5 rings (SSSR count). The number of carbonyl (C=O) groups excluding carboxylic acids is 1. The number of rotatable bonds is 4. The number of carbonyl (C=O) groups is 1. The van der Waals surface area contributed by atoms with Crippen LogP contribution in [0, 0.1) is 0 Å². The van der Waals surface area contributed by atoms with Crippen molar-refractivity contribution in [3.05, 3.63) is 40.3 Å². The summed E-state index contributed by atoms with van der Waals surface area (Å²) in [6, 6.07) is 8.53. The van der Waals surface area contributed by atoms with E-state index in [2.05, 4.69) is 9.88 Å². The first-order valence-electron chi connectivity index (χ1n) is 13.0. The molecule has 1 saturated carbocycles. The lowest BCUT2D eigenvalue weighted by Crippen LogP contribution is -2.57. The third kappa shape index (κ3) is 5.24. The lowest BCUT2D eigenvalue weighted by Gasteiger charge is -2.53. The van der Waals surface area contributed by atoms with Gasteiger partial charge in [-0.1, -0.05) is 50.7 Å². The number of benzene rings is 1. The number of fused-ring (bicyclic) bond motifs is 3. The molecular weight excluding hydrogens is 467 g/mol. The summed E-state index contributed by atoms with van der Waals surface area (Å²) in [5, 5.41) is 1.62. The molecule has 2 unspecified atom stereocenters. The average molecular weight is 503 g/mol. The second kappa shape index (κ2) is 10.1. The molecule has 10 heteroatoms. The van der Waals surface area contributed by atoms with Gasteiger partial charge in [0.2, 0.25) is 0 Å². The monoisotopic (exact) mass is 502 g/mol. The smallest absolute Gasteiger partial charge is 0.308 e. The molecule has 190 valence electrons. The van der Waals surface area contributed by atoms with Crippen molar-refractivity contribution in [2.45, 2.75) is 101 Å². The van der Waals surface area contributed by atoms with Gasteiger partial charge >= 0.3 is 7.75 Å². The zero-order chi connectivity index (χ0) is 24.6. The fourth-order valence-electron chi connectivity index (χ4n) is 6.78. The quantitative estimate of drug-likeness (QED) is 0.542. The van der Waals surface area contributed by atoms with E-state index in [4.69, 9.17) is 0 Å². The number of nitrogens with zero attached hydrogens (tertiary/aromatic N) is 3. The Morgan fingerprint density at radius 1 is 0.886 bits per heavy atom. The maximum Gasteiger partial charge on any atom is 0.430 e. The minimum absolute atomic E-state index is 0.0860. The third-order valence-corrected chi connectivity index (χ3v) is 8.62. The van der Waals surface area contributed by atoms with Crippen LogP contribution >= 0.6 is 7.75 Å². The van der Waals surface area contributed by atoms with Gasteiger partial charge in [-0.2, -0.15) is 0 Å². The molecule has 3 heterocycles. The van der Waals surface area contributed by atoms with Crippen molar-refractivity contribution in [3.63, 3.8) is 0 Å². The van der Waals surface area contributed by atoms with Crippen LogP contribution in [0.1, 0.15) is 93.6 Å². The molecule has 2 aromatic rings. The summed E-state index contributed by atoms with van der Waals surface area (Å²) in [5.74, 6) is -1.14. The Labute approximate surface area is 205 Å². The molecule has 2 bridgehead atoms. The minimum Gasteiger partial charge on any atom is -0.308 e. The first-order chi connectivity index (χ1) is 16.8. The number of amides is 1. The zero-order valence-corrected chi connectivity index (χ0v) is 20.9. The first kappa shape index (κ1) is 24.6. The summed E-state index contributed by atoms with van der Waals surface area (Å²) in [6.07, 6.45) is 14.2. The number of aromatic nitrogens is 2. The number of para-hydroxylation sites is 2. The second-order valence-electron chi connectivity index (χ2n) is 10.4. The summed E-state index contributed by atoms with van der Waals surface area (Å²) < 4.78 is 13.0. The Morgan fingerprint density at radius 2 is 1.49 bits per heavy atom. The molecular formula is C25H35N4O5P. The van der Waals surface area contributed by atoms with Gasteiger partial charge in [0.05, 0.1) is 11.0 Å². The molecule has 1 aromatic heterocycles. The molecule has 3 aliphatic rings. The number of hydrogen-bond acceptors (Lipinski definition) is 5. The van der Waals surface area contributed by atoms with Crippen LogP contribution in [0.25, 0.3) is 11.0 Å².